The molecule has 1 amide bonds. The molecular weight excluding hydrogens is 349 g/mol. The van der Waals surface area contributed by atoms with Crippen LogP contribution < -0.4 is 10.2 Å². The van der Waals surface area contributed by atoms with Crippen molar-refractivity contribution in [3.63, 3.8) is 0 Å². The summed E-state index contributed by atoms with van der Waals surface area (Å²) in [7, 11) is 0. The highest BCUT2D eigenvalue weighted by Gasteiger charge is 2.13. The van der Waals surface area contributed by atoms with E-state index in [1.54, 1.807) is 49.6 Å². The fraction of sp³-hybridized carbons (Fsp3) is 0.105. The molecule has 0 fully saturated rings. The lowest BCUT2D eigenvalue weighted by atomic mass is 10.1. The lowest BCUT2D eigenvalue weighted by Crippen LogP contribution is -2.15. The molecule has 27 heavy (non-hydrogen) atoms. The number of oxime groups is 1. The van der Waals surface area contributed by atoms with Crippen molar-refractivity contribution in [1.82, 2.24) is 15.0 Å². The van der Waals surface area contributed by atoms with Gasteiger partial charge in [-0.15, -0.1) is 0 Å². The molecule has 0 bridgehead atoms. The molecule has 3 aromatic heterocycles. The van der Waals surface area contributed by atoms with E-state index in [0.717, 1.165) is 6.20 Å². The molecule has 0 aliphatic carbocycles. The first-order valence-corrected chi connectivity index (χ1v) is 8.05. The molecule has 3 heterocycles. The van der Waals surface area contributed by atoms with E-state index in [-0.39, 0.29) is 11.1 Å². The summed E-state index contributed by atoms with van der Waals surface area (Å²) in [5.74, 6) is -0.312. The highest BCUT2D eigenvalue weighted by atomic mass is 19.1. The molecule has 0 aliphatic heterocycles. The van der Waals surface area contributed by atoms with E-state index in [1.165, 1.54) is 13.1 Å². The maximum absolute atomic E-state index is 13.5. The van der Waals surface area contributed by atoms with Gasteiger partial charge in [0.05, 0.1) is 17.5 Å². The quantitative estimate of drug-likeness (QED) is 0.553. The summed E-state index contributed by atoms with van der Waals surface area (Å²) in [4.78, 5) is 29.4. The van der Waals surface area contributed by atoms with Crippen molar-refractivity contribution in [3.8, 4) is 5.88 Å². The zero-order chi connectivity index (χ0) is 19.2. The number of carbonyl (C=O) groups is 1. The molecule has 3 rings (SSSR count). The van der Waals surface area contributed by atoms with Gasteiger partial charge >= 0.3 is 0 Å². The summed E-state index contributed by atoms with van der Waals surface area (Å²) in [5.41, 5.74) is 1.69. The molecule has 0 aromatic carbocycles. The molecule has 0 saturated heterocycles. The van der Waals surface area contributed by atoms with Crippen molar-refractivity contribution in [1.29, 1.82) is 0 Å². The zero-order valence-electron chi connectivity index (χ0n) is 14.7. The standard InChI is InChI=1S/C19H16FN5O2/c1-12-15(10-21-11-16(12)20)19(26)24-17-7-6-14(9-23-17)13(2)25-27-18-5-3-4-8-22-18/h3-11H,1-2H3,(H,23,24,26)/b25-13+. The van der Waals surface area contributed by atoms with E-state index >= 15 is 0 Å². The number of halogens is 1. The van der Waals surface area contributed by atoms with Gasteiger partial charge in [-0.2, -0.15) is 0 Å². The van der Waals surface area contributed by atoms with Gasteiger partial charge < -0.3 is 10.2 Å². The van der Waals surface area contributed by atoms with Crippen molar-refractivity contribution < 1.29 is 14.0 Å². The van der Waals surface area contributed by atoms with E-state index in [1.807, 2.05) is 0 Å². The van der Waals surface area contributed by atoms with Crippen LogP contribution in [0.3, 0.4) is 0 Å². The number of carbonyl (C=O) groups excluding carboxylic acids is 1. The molecule has 0 radical (unpaired) electrons. The zero-order valence-corrected chi connectivity index (χ0v) is 14.7. The highest BCUT2D eigenvalue weighted by Crippen LogP contribution is 2.13. The number of nitrogens with one attached hydrogen (secondary N) is 1. The highest BCUT2D eigenvalue weighted by molar-refractivity contribution is 6.05. The van der Waals surface area contributed by atoms with E-state index in [4.69, 9.17) is 4.84 Å². The molecule has 136 valence electrons. The number of hydrogen-bond donors (Lipinski definition) is 1. The average molecular weight is 365 g/mol. The lowest BCUT2D eigenvalue weighted by molar-refractivity contribution is 0.102. The topological polar surface area (TPSA) is 89.4 Å². The van der Waals surface area contributed by atoms with E-state index in [9.17, 15) is 9.18 Å². The van der Waals surface area contributed by atoms with Crippen LogP contribution in [0.5, 0.6) is 5.88 Å². The molecule has 0 unspecified atom stereocenters. The minimum absolute atomic E-state index is 0.155. The molecule has 0 saturated carbocycles. The third kappa shape index (κ3) is 4.49. The van der Waals surface area contributed by atoms with Crippen LogP contribution in [0.2, 0.25) is 0 Å². The Morgan fingerprint density at radius 1 is 1.15 bits per heavy atom. The van der Waals surface area contributed by atoms with E-state index in [2.05, 4.69) is 25.4 Å². The van der Waals surface area contributed by atoms with Crippen LogP contribution in [0.25, 0.3) is 0 Å². The number of rotatable bonds is 5. The normalized spacial score (nSPS) is 11.1. The number of anilines is 1. The largest absolute Gasteiger partial charge is 0.336 e. The minimum Gasteiger partial charge on any atom is -0.336 e. The van der Waals surface area contributed by atoms with Gasteiger partial charge in [-0.3, -0.25) is 9.78 Å². The Hall–Kier alpha value is -3.68. The van der Waals surface area contributed by atoms with Crippen molar-refractivity contribution >= 4 is 17.4 Å². The minimum atomic E-state index is -0.536. The predicted octanol–water partition coefficient (Wildman–Crippen LogP) is 3.37. The van der Waals surface area contributed by atoms with Crippen LogP contribution in [-0.4, -0.2) is 26.6 Å². The smallest absolute Gasteiger partial charge is 0.258 e. The van der Waals surface area contributed by atoms with Crippen LogP contribution in [0.4, 0.5) is 10.2 Å². The summed E-state index contributed by atoms with van der Waals surface area (Å²) in [6, 6.07) is 8.62. The summed E-state index contributed by atoms with van der Waals surface area (Å²) >= 11 is 0. The van der Waals surface area contributed by atoms with Gasteiger partial charge in [0.1, 0.15) is 11.6 Å². The Morgan fingerprint density at radius 3 is 2.70 bits per heavy atom. The van der Waals surface area contributed by atoms with E-state index in [0.29, 0.717) is 23.0 Å². The molecule has 8 heteroatoms. The van der Waals surface area contributed by atoms with Gasteiger partial charge in [0.2, 0.25) is 5.88 Å². The van der Waals surface area contributed by atoms with Crippen molar-refractivity contribution in [2.45, 2.75) is 13.8 Å². The van der Waals surface area contributed by atoms with Gasteiger partial charge in [-0.05, 0) is 32.0 Å². The van der Waals surface area contributed by atoms with Crippen molar-refractivity contribution in [3.05, 3.63) is 77.6 Å². The van der Waals surface area contributed by atoms with Gasteiger partial charge in [0.25, 0.3) is 5.91 Å². The van der Waals surface area contributed by atoms with Gasteiger partial charge in [0.15, 0.2) is 0 Å². The van der Waals surface area contributed by atoms with Crippen LogP contribution in [0.1, 0.15) is 28.4 Å². The lowest BCUT2D eigenvalue weighted by Gasteiger charge is -2.08. The Bertz CT molecular complexity index is 975. The summed E-state index contributed by atoms with van der Waals surface area (Å²) in [5, 5.41) is 6.61. The first-order valence-electron chi connectivity index (χ1n) is 8.05. The summed E-state index contributed by atoms with van der Waals surface area (Å²) in [6.45, 7) is 3.28. The fourth-order valence-electron chi connectivity index (χ4n) is 2.16. The number of amides is 1. The molecule has 0 spiro atoms. The third-order valence-electron chi connectivity index (χ3n) is 3.74. The van der Waals surface area contributed by atoms with Gasteiger partial charge in [-0.1, -0.05) is 11.2 Å². The van der Waals surface area contributed by atoms with Gasteiger partial charge in [0, 0.05) is 35.8 Å². The second-order valence-electron chi connectivity index (χ2n) is 5.62. The summed E-state index contributed by atoms with van der Waals surface area (Å²) in [6.07, 6.45) is 5.53. The predicted molar refractivity (Wildman–Crippen MR) is 98.2 cm³/mol. The summed E-state index contributed by atoms with van der Waals surface area (Å²) < 4.78 is 13.5. The maximum Gasteiger partial charge on any atom is 0.258 e. The second-order valence-corrected chi connectivity index (χ2v) is 5.62. The Morgan fingerprint density at radius 2 is 2.00 bits per heavy atom. The molecule has 1 N–H and O–H groups in total. The number of hydrogen-bond acceptors (Lipinski definition) is 6. The number of pyridine rings is 3. The van der Waals surface area contributed by atoms with Crippen molar-refractivity contribution in [2.75, 3.05) is 5.32 Å². The fourth-order valence-corrected chi connectivity index (χ4v) is 2.16. The van der Waals surface area contributed by atoms with Crippen LogP contribution >= 0.6 is 0 Å². The second kappa shape index (κ2) is 8.13. The first kappa shape index (κ1) is 18.1. The first-order chi connectivity index (χ1) is 13.0. The molecule has 0 aliphatic rings. The van der Waals surface area contributed by atoms with Crippen LogP contribution in [0.15, 0.2) is 60.3 Å². The van der Waals surface area contributed by atoms with Crippen LogP contribution in [-0.2, 0) is 0 Å². The third-order valence-corrected chi connectivity index (χ3v) is 3.74. The molecular formula is C19H16FN5O2. The molecule has 7 nitrogen and oxygen atoms in total. The molecule has 3 aromatic rings. The van der Waals surface area contributed by atoms with Crippen molar-refractivity contribution in [2.24, 2.45) is 5.16 Å². The Labute approximate surface area is 155 Å². The molecule has 0 atom stereocenters. The number of aromatic nitrogens is 3. The van der Waals surface area contributed by atoms with Crippen LogP contribution in [0, 0.1) is 12.7 Å². The average Bonchev–Trinajstić information content (AvgIpc) is 2.69. The monoisotopic (exact) mass is 365 g/mol. The Balaban J connectivity index is 1.68. The number of nitrogens with zero attached hydrogens (tertiary/aromatic N) is 4. The maximum atomic E-state index is 13.5. The Kier molecular flexibility index (Phi) is 5.46. The van der Waals surface area contributed by atoms with Gasteiger partial charge in [-0.25, -0.2) is 14.4 Å². The SMILES string of the molecule is C/C(=N\Oc1ccccn1)c1ccc(NC(=O)c2cncc(F)c2C)nc1. The van der Waals surface area contributed by atoms with E-state index < -0.39 is 11.7 Å².